The second-order valence-electron chi connectivity index (χ2n) is 3.64. The van der Waals surface area contributed by atoms with E-state index in [0.29, 0.717) is 0 Å². The van der Waals surface area contributed by atoms with Crippen molar-refractivity contribution in [3.63, 3.8) is 0 Å². The van der Waals surface area contributed by atoms with Crippen LogP contribution in [0, 0.1) is 0 Å². The molecule has 0 N–H and O–H groups in total. The monoisotopic (exact) mass is 285 g/mol. The Balaban J connectivity index is 2.59. The molecule has 1 aromatic rings. The lowest BCUT2D eigenvalue weighted by Crippen LogP contribution is -2.26. The van der Waals surface area contributed by atoms with Crippen molar-refractivity contribution in [2.45, 2.75) is 19.4 Å². The summed E-state index contributed by atoms with van der Waals surface area (Å²) in [7, 11) is 1.17. The van der Waals surface area contributed by atoms with Crippen LogP contribution in [0.25, 0.3) is 0 Å². The first-order chi connectivity index (χ1) is 8.93. The summed E-state index contributed by atoms with van der Waals surface area (Å²) in [5.74, 6) is -1.93. The molecule has 102 valence electrons. The average Bonchev–Trinajstić information content (AvgIpc) is 2.38. The number of esters is 2. The molecule has 1 unspecified atom stereocenters. The highest BCUT2D eigenvalue weighted by Crippen LogP contribution is 2.08. The largest absolute Gasteiger partial charge is 0.469 e. The molecule has 0 radical (unpaired) electrons. The van der Waals surface area contributed by atoms with Gasteiger partial charge in [-0.3, -0.25) is 9.59 Å². The number of carbonyl (C=O) groups excluding carboxylic acids is 3. The fourth-order valence-corrected chi connectivity index (χ4v) is 1.26. The Morgan fingerprint density at radius 1 is 1.37 bits per heavy atom. The maximum Gasteiger partial charge on any atom is 0.340 e. The van der Waals surface area contributed by atoms with Gasteiger partial charge >= 0.3 is 11.9 Å². The third-order valence-electron chi connectivity index (χ3n) is 2.25. The fourth-order valence-electron chi connectivity index (χ4n) is 1.15. The van der Waals surface area contributed by atoms with Crippen LogP contribution < -0.4 is 0 Å². The number of rotatable bonds is 5. The number of ketones is 1. The first-order valence-electron chi connectivity index (χ1n) is 5.36. The van der Waals surface area contributed by atoms with Crippen molar-refractivity contribution >= 4 is 29.3 Å². The van der Waals surface area contributed by atoms with Gasteiger partial charge in [-0.05, 0) is 19.1 Å². The quantitative estimate of drug-likeness (QED) is 0.462. The first-order valence-corrected chi connectivity index (χ1v) is 5.74. The Hall–Kier alpha value is -1.95. The molecule has 0 amide bonds. The summed E-state index contributed by atoms with van der Waals surface area (Å²) in [5, 5.41) is 0.242. The van der Waals surface area contributed by atoms with Gasteiger partial charge in [-0.2, -0.15) is 0 Å². The van der Waals surface area contributed by atoms with E-state index in [1.165, 1.54) is 32.4 Å². The highest BCUT2D eigenvalue weighted by molar-refractivity contribution is 6.29. The third-order valence-corrected chi connectivity index (χ3v) is 2.47. The number of hydrogen-bond donors (Lipinski definition) is 0. The Labute approximate surface area is 114 Å². The van der Waals surface area contributed by atoms with Crippen LogP contribution in [0.5, 0.6) is 0 Å². The van der Waals surface area contributed by atoms with Crippen LogP contribution in [0.4, 0.5) is 0 Å². The summed E-state index contributed by atoms with van der Waals surface area (Å²) in [4.78, 5) is 37.8. The molecule has 1 heterocycles. The van der Waals surface area contributed by atoms with E-state index in [2.05, 4.69) is 9.72 Å². The van der Waals surface area contributed by atoms with Crippen LogP contribution in [-0.2, 0) is 19.1 Å². The van der Waals surface area contributed by atoms with Gasteiger partial charge in [0.1, 0.15) is 11.6 Å². The van der Waals surface area contributed by atoms with E-state index in [9.17, 15) is 14.4 Å². The zero-order valence-electron chi connectivity index (χ0n) is 10.4. The van der Waals surface area contributed by atoms with Crippen molar-refractivity contribution in [2.24, 2.45) is 0 Å². The van der Waals surface area contributed by atoms with Crippen molar-refractivity contribution < 1.29 is 23.9 Å². The van der Waals surface area contributed by atoms with Crippen LogP contribution in [0.3, 0.4) is 0 Å². The maximum absolute atomic E-state index is 11.7. The minimum Gasteiger partial charge on any atom is -0.469 e. The van der Waals surface area contributed by atoms with E-state index < -0.39 is 30.2 Å². The summed E-state index contributed by atoms with van der Waals surface area (Å²) in [6.07, 6.45) is -0.242. The van der Waals surface area contributed by atoms with Crippen LogP contribution >= 0.6 is 11.6 Å². The van der Waals surface area contributed by atoms with Gasteiger partial charge in [0, 0.05) is 6.20 Å². The van der Waals surface area contributed by atoms with Crippen molar-refractivity contribution in [3.05, 3.63) is 29.0 Å². The number of aromatic nitrogens is 1. The molecular formula is C12H12ClNO5. The molecule has 0 saturated heterocycles. The highest BCUT2D eigenvalue weighted by Gasteiger charge is 2.21. The lowest BCUT2D eigenvalue weighted by Gasteiger charge is -2.11. The number of methoxy groups -OCH3 is 1. The van der Waals surface area contributed by atoms with Crippen LogP contribution in [0.15, 0.2) is 18.3 Å². The Morgan fingerprint density at radius 2 is 2.05 bits per heavy atom. The Morgan fingerprint density at radius 3 is 2.58 bits per heavy atom. The molecule has 1 aromatic heterocycles. The van der Waals surface area contributed by atoms with Crippen molar-refractivity contribution in [3.8, 4) is 0 Å². The predicted molar refractivity (Wildman–Crippen MR) is 65.8 cm³/mol. The number of Topliss-reactive ketones (excluding diaryl/α,β-unsaturated/α-hetero) is 1. The van der Waals surface area contributed by atoms with Gasteiger partial charge < -0.3 is 9.47 Å². The van der Waals surface area contributed by atoms with Crippen LogP contribution in [0.1, 0.15) is 23.7 Å². The van der Waals surface area contributed by atoms with Gasteiger partial charge in [0.2, 0.25) is 0 Å². The van der Waals surface area contributed by atoms with Gasteiger partial charge in [-0.25, -0.2) is 9.78 Å². The molecule has 7 heteroatoms. The smallest absolute Gasteiger partial charge is 0.340 e. The molecule has 0 bridgehead atoms. The molecule has 1 rings (SSSR count). The molecule has 0 aliphatic rings. The molecule has 0 fully saturated rings. The fraction of sp³-hybridized carbons (Fsp3) is 0.333. The molecule has 0 aromatic carbocycles. The van der Waals surface area contributed by atoms with Gasteiger partial charge in [0.05, 0.1) is 12.7 Å². The minimum absolute atomic E-state index is 0.169. The van der Waals surface area contributed by atoms with Gasteiger partial charge in [-0.15, -0.1) is 0 Å². The van der Waals surface area contributed by atoms with Gasteiger partial charge in [0.25, 0.3) is 0 Å². The van der Waals surface area contributed by atoms with Crippen molar-refractivity contribution in [2.75, 3.05) is 7.11 Å². The lowest BCUT2D eigenvalue weighted by atomic mass is 10.2. The number of ether oxygens (including phenoxy) is 2. The van der Waals surface area contributed by atoms with E-state index >= 15 is 0 Å². The zero-order valence-corrected chi connectivity index (χ0v) is 11.1. The molecule has 6 nitrogen and oxygen atoms in total. The number of halogens is 1. The second-order valence-corrected chi connectivity index (χ2v) is 4.02. The first kappa shape index (κ1) is 15.1. The Bertz CT molecular complexity index is 485. The third kappa shape index (κ3) is 4.67. The molecule has 0 saturated carbocycles. The zero-order chi connectivity index (χ0) is 14.4. The topological polar surface area (TPSA) is 82.6 Å². The number of nitrogens with zero attached hydrogens (tertiary/aromatic N) is 1. The van der Waals surface area contributed by atoms with Crippen LogP contribution in [0.2, 0.25) is 5.15 Å². The molecule has 1 atom stereocenters. The van der Waals surface area contributed by atoms with Crippen molar-refractivity contribution in [1.29, 1.82) is 0 Å². The van der Waals surface area contributed by atoms with Gasteiger partial charge in [-0.1, -0.05) is 11.6 Å². The molecule has 0 aliphatic heterocycles. The molecule has 0 aliphatic carbocycles. The number of hydrogen-bond acceptors (Lipinski definition) is 6. The number of pyridine rings is 1. The average molecular weight is 286 g/mol. The second kappa shape index (κ2) is 6.84. The lowest BCUT2D eigenvalue weighted by molar-refractivity contribution is -0.145. The summed E-state index contributed by atoms with van der Waals surface area (Å²) in [5.41, 5.74) is 0.169. The Kier molecular flexibility index (Phi) is 5.44. The summed E-state index contributed by atoms with van der Waals surface area (Å²) < 4.78 is 9.25. The highest BCUT2D eigenvalue weighted by atomic mass is 35.5. The van der Waals surface area contributed by atoms with Crippen molar-refractivity contribution in [1.82, 2.24) is 4.98 Å². The standard InChI is InChI=1S/C12H12ClNO5/c1-7(9(15)5-11(16)18-2)19-12(17)8-3-4-10(13)14-6-8/h3-4,6-7H,5H2,1-2H3. The molecular weight excluding hydrogens is 274 g/mol. The predicted octanol–water partition coefficient (Wildman–Crippen LogP) is 1.41. The van der Waals surface area contributed by atoms with Gasteiger partial charge in [0.15, 0.2) is 11.9 Å². The number of carbonyl (C=O) groups is 3. The summed E-state index contributed by atoms with van der Waals surface area (Å²) in [6, 6.07) is 2.86. The normalized spacial score (nSPS) is 11.5. The van der Waals surface area contributed by atoms with E-state index in [0.717, 1.165) is 0 Å². The van der Waals surface area contributed by atoms with E-state index in [4.69, 9.17) is 16.3 Å². The van der Waals surface area contributed by atoms with E-state index in [-0.39, 0.29) is 10.7 Å². The summed E-state index contributed by atoms with van der Waals surface area (Å²) >= 11 is 5.58. The SMILES string of the molecule is COC(=O)CC(=O)C(C)OC(=O)c1ccc(Cl)nc1. The van der Waals surface area contributed by atoms with Crippen LogP contribution in [-0.4, -0.2) is 35.9 Å². The molecule has 19 heavy (non-hydrogen) atoms. The summed E-state index contributed by atoms with van der Waals surface area (Å²) in [6.45, 7) is 1.38. The van der Waals surface area contributed by atoms with E-state index in [1.807, 2.05) is 0 Å². The minimum atomic E-state index is -1.04. The molecule has 0 spiro atoms. The maximum atomic E-state index is 11.7. The van der Waals surface area contributed by atoms with E-state index in [1.54, 1.807) is 0 Å².